The summed E-state index contributed by atoms with van der Waals surface area (Å²) in [6.07, 6.45) is -0.732. The Morgan fingerprint density at radius 2 is 1.86 bits per heavy atom. The van der Waals surface area contributed by atoms with Crippen molar-refractivity contribution in [2.45, 2.75) is 23.0 Å². The van der Waals surface area contributed by atoms with Gasteiger partial charge in [0.05, 0.1) is 12.2 Å². The SMILES string of the molecule is COC1CN(S(=O)(=O)c2ccc(CCl)cc2F)CC1OC. The molecule has 0 amide bonds. The predicted molar refractivity (Wildman–Crippen MR) is 76.3 cm³/mol. The lowest BCUT2D eigenvalue weighted by Gasteiger charge is -2.16. The van der Waals surface area contributed by atoms with Gasteiger partial charge < -0.3 is 9.47 Å². The Balaban J connectivity index is 2.31. The van der Waals surface area contributed by atoms with Crippen molar-refractivity contribution in [1.82, 2.24) is 4.31 Å². The molecule has 1 heterocycles. The maximum atomic E-state index is 14.0. The Morgan fingerprint density at radius 3 is 2.29 bits per heavy atom. The first-order chi connectivity index (χ1) is 9.93. The number of methoxy groups -OCH3 is 2. The Kier molecular flexibility index (Phi) is 5.21. The second-order valence-electron chi connectivity index (χ2n) is 4.77. The van der Waals surface area contributed by atoms with Gasteiger partial charge in [-0.25, -0.2) is 12.8 Å². The molecule has 2 atom stereocenters. The van der Waals surface area contributed by atoms with E-state index >= 15 is 0 Å². The lowest BCUT2D eigenvalue weighted by Crippen LogP contribution is -2.30. The summed E-state index contributed by atoms with van der Waals surface area (Å²) >= 11 is 5.61. The number of benzene rings is 1. The monoisotopic (exact) mass is 337 g/mol. The van der Waals surface area contributed by atoms with Gasteiger partial charge in [-0.1, -0.05) is 6.07 Å². The fourth-order valence-corrected chi connectivity index (χ4v) is 4.01. The van der Waals surface area contributed by atoms with Gasteiger partial charge in [-0.05, 0) is 17.7 Å². The second kappa shape index (κ2) is 6.58. The van der Waals surface area contributed by atoms with Gasteiger partial charge in [0.25, 0.3) is 0 Å². The summed E-state index contributed by atoms with van der Waals surface area (Å²) in [4.78, 5) is -0.358. The van der Waals surface area contributed by atoms with Crippen LogP contribution in [-0.2, 0) is 25.4 Å². The highest BCUT2D eigenvalue weighted by atomic mass is 35.5. The number of hydrogen-bond donors (Lipinski definition) is 0. The van der Waals surface area contributed by atoms with Crippen LogP contribution >= 0.6 is 11.6 Å². The molecule has 8 heteroatoms. The maximum absolute atomic E-state index is 14.0. The van der Waals surface area contributed by atoms with Gasteiger partial charge in [-0.2, -0.15) is 4.31 Å². The molecule has 1 fully saturated rings. The molecule has 0 saturated carbocycles. The Morgan fingerprint density at radius 1 is 1.29 bits per heavy atom. The zero-order chi connectivity index (χ0) is 15.6. The highest BCUT2D eigenvalue weighted by Crippen LogP contribution is 2.26. The van der Waals surface area contributed by atoms with Gasteiger partial charge in [0.2, 0.25) is 10.0 Å². The predicted octanol–water partition coefficient (Wildman–Crippen LogP) is 1.60. The van der Waals surface area contributed by atoms with Gasteiger partial charge in [0, 0.05) is 33.2 Å². The van der Waals surface area contributed by atoms with E-state index in [1.165, 1.54) is 30.7 Å². The van der Waals surface area contributed by atoms with E-state index in [-0.39, 0.29) is 36.1 Å². The van der Waals surface area contributed by atoms with Crippen molar-refractivity contribution in [3.8, 4) is 0 Å². The number of nitrogens with zero attached hydrogens (tertiary/aromatic N) is 1. The average molecular weight is 338 g/mol. The molecule has 118 valence electrons. The van der Waals surface area contributed by atoms with E-state index in [9.17, 15) is 12.8 Å². The molecule has 2 unspecified atom stereocenters. The zero-order valence-electron chi connectivity index (χ0n) is 11.8. The molecule has 0 bridgehead atoms. The largest absolute Gasteiger partial charge is 0.377 e. The van der Waals surface area contributed by atoms with Crippen molar-refractivity contribution >= 4 is 21.6 Å². The Labute approximate surface area is 128 Å². The van der Waals surface area contributed by atoms with Crippen molar-refractivity contribution in [2.24, 2.45) is 0 Å². The summed E-state index contributed by atoms with van der Waals surface area (Å²) in [5.74, 6) is -0.679. The summed E-state index contributed by atoms with van der Waals surface area (Å²) in [5, 5.41) is 0. The number of hydrogen-bond acceptors (Lipinski definition) is 4. The zero-order valence-corrected chi connectivity index (χ0v) is 13.3. The first kappa shape index (κ1) is 16.6. The number of sulfonamides is 1. The smallest absolute Gasteiger partial charge is 0.246 e. The van der Waals surface area contributed by atoms with E-state index < -0.39 is 15.8 Å². The van der Waals surface area contributed by atoms with E-state index in [0.717, 1.165) is 6.07 Å². The summed E-state index contributed by atoms with van der Waals surface area (Å²) in [7, 11) is -0.948. The molecule has 0 spiro atoms. The number of alkyl halides is 1. The van der Waals surface area contributed by atoms with Crippen LogP contribution in [0.15, 0.2) is 23.1 Å². The molecule has 1 saturated heterocycles. The highest BCUT2D eigenvalue weighted by Gasteiger charge is 2.40. The van der Waals surface area contributed by atoms with Crippen LogP contribution in [0.25, 0.3) is 0 Å². The van der Waals surface area contributed by atoms with Crippen LogP contribution in [0.2, 0.25) is 0 Å². The van der Waals surface area contributed by atoms with Crippen LogP contribution in [0, 0.1) is 5.82 Å². The summed E-state index contributed by atoms with van der Waals surface area (Å²) in [6.45, 7) is 0.266. The fraction of sp³-hybridized carbons (Fsp3) is 0.538. The van der Waals surface area contributed by atoms with Crippen LogP contribution in [-0.4, -0.2) is 52.2 Å². The van der Waals surface area contributed by atoms with E-state index in [2.05, 4.69) is 0 Å². The molecule has 1 aliphatic rings. The van der Waals surface area contributed by atoms with Crippen LogP contribution in [0.1, 0.15) is 5.56 Å². The first-order valence-electron chi connectivity index (χ1n) is 6.34. The molecular weight excluding hydrogens is 321 g/mol. The number of ether oxygens (including phenoxy) is 2. The quantitative estimate of drug-likeness (QED) is 0.766. The van der Waals surface area contributed by atoms with Gasteiger partial charge >= 0.3 is 0 Å². The van der Waals surface area contributed by atoms with Gasteiger partial charge in [-0.15, -0.1) is 11.6 Å². The van der Waals surface area contributed by atoms with Crippen molar-refractivity contribution in [3.63, 3.8) is 0 Å². The lowest BCUT2D eigenvalue weighted by atomic mass is 10.2. The van der Waals surface area contributed by atoms with Crippen LogP contribution in [0.3, 0.4) is 0 Å². The highest BCUT2D eigenvalue weighted by molar-refractivity contribution is 7.89. The Bertz CT molecular complexity index is 598. The van der Waals surface area contributed by atoms with Gasteiger partial charge in [0.1, 0.15) is 10.7 Å². The van der Waals surface area contributed by atoms with Gasteiger partial charge in [-0.3, -0.25) is 0 Å². The van der Waals surface area contributed by atoms with Crippen LogP contribution in [0.5, 0.6) is 0 Å². The van der Waals surface area contributed by atoms with Crippen molar-refractivity contribution in [3.05, 3.63) is 29.6 Å². The second-order valence-corrected chi connectivity index (χ2v) is 6.94. The molecule has 21 heavy (non-hydrogen) atoms. The van der Waals surface area contributed by atoms with E-state index in [1.807, 2.05) is 0 Å². The lowest BCUT2D eigenvalue weighted by molar-refractivity contribution is -0.00461. The van der Waals surface area contributed by atoms with Crippen LogP contribution < -0.4 is 0 Å². The van der Waals surface area contributed by atoms with Crippen molar-refractivity contribution in [1.29, 1.82) is 0 Å². The van der Waals surface area contributed by atoms with E-state index in [1.54, 1.807) is 0 Å². The molecule has 2 rings (SSSR count). The van der Waals surface area contributed by atoms with E-state index in [4.69, 9.17) is 21.1 Å². The van der Waals surface area contributed by atoms with Gasteiger partial charge in [0.15, 0.2) is 0 Å². The summed E-state index contributed by atoms with van der Waals surface area (Å²) in [5.41, 5.74) is 0.527. The minimum absolute atomic E-state index is 0.123. The molecule has 0 aliphatic carbocycles. The molecule has 0 N–H and O–H groups in total. The third-order valence-corrected chi connectivity index (χ3v) is 5.73. The standard InChI is InChI=1S/C13H17ClFNO4S/c1-19-11-7-16(8-12(11)20-2)21(17,18)13-4-3-9(6-14)5-10(13)15/h3-5,11-12H,6-8H2,1-2H3. The third-order valence-electron chi connectivity index (χ3n) is 3.56. The van der Waals surface area contributed by atoms with Crippen molar-refractivity contribution < 1.29 is 22.3 Å². The third kappa shape index (κ3) is 3.22. The molecule has 1 aliphatic heterocycles. The minimum atomic E-state index is -3.93. The number of halogens is 2. The molecule has 0 aromatic heterocycles. The topological polar surface area (TPSA) is 55.8 Å². The summed E-state index contributed by atoms with van der Waals surface area (Å²) < 4.78 is 50.6. The fourth-order valence-electron chi connectivity index (χ4n) is 2.34. The molecule has 0 radical (unpaired) electrons. The van der Waals surface area contributed by atoms with Crippen molar-refractivity contribution in [2.75, 3.05) is 27.3 Å². The average Bonchev–Trinajstić information content (AvgIpc) is 2.90. The minimum Gasteiger partial charge on any atom is -0.377 e. The Hall–Kier alpha value is -0.730. The first-order valence-corrected chi connectivity index (χ1v) is 8.31. The normalized spacial score (nSPS) is 23.6. The molecule has 5 nitrogen and oxygen atoms in total. The summed E-state index contributed by atoms with van der Waals surface area (Å²) in [6, 6.07) is 3.88. The molecule has 1 aromatic rings. The number of rotatable bonds is 5. The maximum Gasteiger partial charge on any atom is 0.246 e. The molecular formula is C13H17ClFNO4S. The molecule has 1 aromatic carbocycles. The van der Waals surface area contributed by atoms with Crippen LogP contribution in [0.4, 0.5) is 4.39 Å². The van der Waals surface area contributed by atoms with E-state index in [0.29, 0.717) is 5.56 Å².